The lowest BCUT2D eigenvalue weighted by atomic mass is 9.99. The zero-order valence-corrected chi connectivity index (χ0v) is 17.1. The first-order valence-electron chi connectivity index (χ1n) is 9.66. The van der Waals surface area contributed by atoms with Gasteiger partial charge in [0.2, 0.25) is 5.91 Å². The van der Waals surface area contributed by atoms with Crippen molar-refractivity contribution in [3.05, 3.63) is 47.4 Å². The molecule has 0 unspecified atom stereocenters. The second-order valence-corrected chi connectivity index (χ2v) is 8.26. The number of carbonyl (C=O) groups is 2. The predicted molar refractivity (Wildman–Crippen MR) is 109 cm³/mol. The van der Waals surface area contributed by atoms with Crippen molar-refractivity contribution in [3.8, 4) is 11.1 Å². The van der Waals surface area contributed by atoms with E-state index >= 15 is 4.39 Å². The number of hydrogen-bond acceptors (Lipinski definition) is 4. The first-order chi connectivity index (χ1) is 13.6. The molecule has 2 amide bonds. The van der Waals surface area contributed by atoms with Gasteiger partial charge in [0, 0.05) is 24.2 Å². The van der Waals surface area contributed by atoms with E-state index in [0.29, 0.717) is 28.1 Å². The molecule has 1 aromatic heterocycles. The fourth-order valence-electron chi connectivity index (χ4n) is 2.86. The van der Waals surface area contributed by atoms with Gasteiger partial charge in [0.15, 0.2) is 0 Å². The molecule has 3 rings (SSSR count). The van der Waals surface area contributed by atoms with Gasteiger partial charge in [0.1, 0.15) is 17.2 Å². The maximum Gasteiger partial charge on any atom is 0.407 e. The average molecular weight is 399 g/mol. The average Bonchev–Trinajstić information content (AvgIpc) is 3.47. The van der Waals surface area contributed by atoms with Gasteiger partial charge in [-0.15, -0.1) is 0 Å². The van der Waals surface area contributed by atoms with Crippen LogP contribution in [0.5, 0.6) is 0 Å². The molecule has 1 fully saturated rings. The van der Waals surface area contributed by atoms with Gasteiger partial charge in [-0.05, 0) is 69.4 Å². The lowest BCUT2D eigenvalue weighted by Crippen LogP contribution is -2.32. The molecule has 0 atom stereocenters. The van der Waals surface area contributed by atoms with Crippen molar-refractivity contribution in [2.45, 2.75) is 52.7 Å². The maximum absolute atomic E-state index is 15.0. The number of carbonyl (C=O) groups excluding carboxylic acids is 2. The molecule has 1 aliphatic rings. The summed E-state index contributed by atoms with van der Waals surface area (Å²) in [6.45, 7) is 7.17. The molecule has 154 valence electrons. The summed E-state index contributed by atoms with van der Waals surface area (Å²) >= 11 is 0. The van der Waals surface area contributed by atoms with Gasteiger partial charge in [-0.3, -0.25) is 4.79 Å². The summed E-state index contributed by atoms with van der Waals surface area (Å²) in [6.07, 6.45) is 2.80. The summed E-state index contributed by atoms with van der Waals surface area (Å²) in [6, 6.07) is 6.80. The Morgan fingerprint density at radius 3 is 2.62 bits per heavy atom. The van der Waals surface area contributed by atoms with Crippen LogP contribution in [0.1, 0.15) is 44.7 Å². The summed E-state index contributed by atoms with van der Waals surface area (Å²) < 4.78 is 20.2. The number of pyridine rings is 1. The molecule has 0 radical (unpaired) electrons. The van der Waals surface area contributed by atoms with E-state index in [-0.39, 0.29) is 24.2 Å². The molecule has 1 heterocycles. The Bertz CT molecular complexity index is 933. The Hall–Kier alpha value is -2.96. The van der Waals surface area contributed by atoms with Gasteiger partial charge in [0.25, 0.3) is 0 Å². The summed E-state index contributed by atoms with van der Waals surface area (Å²) in [7, 11) is 0. The Labute approximate surface area is 169 Å². The van der Waals surface area contributed by atoms with Crippen LogP contribution in [0.15, 0.2) is 30.5 Å². The standard InChI is InChI=1S/C22H26FN3O3/c1-13-16(12-25-21(28)29-22(2,3)4)7-8-17(19(13)23)15-9-10-24-18(11-15)26-20(27)14-5-6-14/h7-11,14H,5-6,12H2,1-4H3,(H,25,28)(H,24,26,27). The minimum absolute atomic E-state index is 0.0464. The largest absolute Gasteiger partial charge is 0.444 e. The number of hydrogen-bond donors (Lipinski definition) is 2. The Kier molecular flexibility index (Phi) is 5.86. The summed E-state index contributed by atoms with van der Waals surface area (Å²) in [4.78, 5) is 27.9. The summed E-state index contributed by atoms with van der Waals surface area (Å²) in [5, 5.41) is 5.42. The molecule has 7 heteroatoms. The zero-order chi connectivity index (χ0) is 21.2. The highest BCUT2D eigenvalue weighted by Crippen LogP contribution is 2.31. The number of benzene rings is 1. The number of amides is 2. The first-order valence-corrected chi connectivity index (χ1v) is 9.66. The fraction of sp³-hybridized carbons (Fsp3) is 0.409. The second-order valence-electron chi connectivity index (χ2n) is 8.26. The van der Waals surface area contributed by atoms with Crippen LogP contribution in [0.3, 0.4) is 0 Å². The Morgan fingerprint density at radius 1 is 1.24 bits per heavy atom. The van der Waals surface area contributed by atoms with Gasteiger partial charge in [-0.25, -0.2) is 14.2 Å². The van der Waals surface area contributed by atoms with E-state index in [0.717, 1.165) is 12.8 Å². The monoisotopic (exact) mass is 399 g/mol. The maximum atomic E-state index is 15.0. The van der Waals surface area contributed by atoms with Gasteiger partial charge >= 0.3 is 6.09 Å². The third-order valence-electron chi connectivity index (χ3n) is 4.59. The van der Waals surface area contributed by atoms with Crippen LogP contribution < -0.4 is 10.6 Å². The van der Waals surface area contributed by atoms with Crippen LogP contribution >= 0.6 is 0 Å². The SMILES string of the molecule is Cc1c(CNC(=O)OC(C)(C)C)ccc(-c2ccnc(NC(=O)C3CC3)c2)c1F. The van der Waals surface area contributed by atoms with E-state index in [1.807, 2.05) is 0 Å². The number of aromatic nitrogens is 1. The molecule has 1 saturated carbocycles. The highest BCUT2D eigenvalue weighted by atomic mass is 19.1. The molecule has 0 bridgehead atoms. The van der Waals surface area contributed by atoms with Crippen LogP contribution in [0.25, 0.3) is 11.1 Å². The minimum Gasteiger partial charge on any atom is -0.444 e. The van der Waals surface area contributed by atoms with E-state index in [4.69, 9.17) is 4.74 Å². The van der Waals surface area contributed by atoms with E-state index < -0.39 is 11.7 Å². The van der Waals surface area contributed by atoms with Gasteiger partial charge in [-0.2, -0.15) is 0 Å². The molecule has 2 aromatic rings. The van der Waals surface area contributed by atoms with E-state index in [9.17, 15) is 9.59 Å². The third-order valence-corrected chi connectivity index (χ3v) is 4.59. The quantitative estimate of drug-likeness (QED) is 0.772. The van der Waals surface area contributed by atoms with Crippen LogP contribution in [-0.4, -0.2) is 22.6 Å². The molecular weight excluding hydrogens is 373 g/mol. The Balaban J connectivity index is 1.73. The van der Waals surface area contributed by atoms with Gasteiger partial charge in [0.05, 0.1) is 0 Å². The second kappa shape index (κ2) is 8.19. The van der Waals surface area contributed by atoms with Crippen molar-refractivity contribution in [1.82, 2.24) is 10.3 Å². The lowest BCUT2D eigenvalue weighted by Gasteiger charge is -2.20. The topological polar surface area (TPSA) is 80.3 Å². The molecular formula is C22H26FN3O3. The normalized spacial score (nSPS) is 13.7. The fourth-order valence-corrected chi connectivity index (χ4v) is 2.86. The molecule has 1 aliphatic carbocycles. The molecule has 6 nitrogen and oxygen atoms in total. The number of ether oxygens (including phenoxy) is 1. The van der Waals surface area contributed by atoms with Crippen molar-refractivity contribution in [1.29, 1.82) is 0 Å². The van der Waals surface area contributed by atoms with Crippen molar-refractivity contribution in [2.75, 3.05) is 5.32 Å². The number of anilines is 1. The smallest absolute Gasteiger partial charge is 0.407 e. The summed E-state index contributed by atoms with van der Waals surface area (Å²) in [5.74, 6) is 0.0531. The van der Waals surface area contributed by atoms with Crippen LogP contribution in [0.4, 0.5) is 15.0 Å². The predicted octanol–water partition coefficient (Wildman–Crippen LogP) is 4.57. The van der Waals surface area contributed by atoms with Crippen molar-refractivity contribution >= 4 is 17.8 Å². The van der Waals surface area contributed by atoms with Crippen molar-refractivity contribution in [2.24, 2.45) is 5.92 Å². The van der Waals surface area contributed by atoms with E-state index in [1.54, 1.807) is 58.2 Å². The molecule has 29 heavy (non-hydrogen) atoms. The highest BCUT2D eigenvalue weighted by molar-refractivity contribution is 5.93. The lowest BCUT2D eigenvalue weighted by molar-refractivity contribution is -0.117. The third kappa shape index (κ3) is 5.53. The van der Waals surface area contributed by atoms with Crippen molar-refractivity contribution < 1.29 is 18.7 Å². The van der Waals surface area contributed by atoms with E-state index in [2.05, 4.69) is 15.6 Å². The highest BCUT2D eigenvalue weighted by Gasteiger charge is 2.29. The number of nitrogens with one attached hydrogen (secondary N) is 2. The number of alkyl carbamates (subject to hydrolysis) is 1. The van der Waals surface area contributed by atoms with Crippen LogP contribution in [0.2, 0.25) is 0 Å². The number of rotatable bonds is 5. The summed E-state index contributed by atoms with van der Waals surface area (Å²) in [5.41, 5.74) is 1.54. The van der Waals surface area contributed by atoms with Gasteiger partial charge in [-0.1, -0.05) is 12.1 Å². The van der Waals surface area contributed by atoms with Crippen LogP contribution in [0, 0.1) is 18.7 Å². The van der Waals surface area contributed by atoms with Crippen molar-refractivity contribution in [3.63, 3.8) is 0 Å². The van der Waals surface area contributed by atoms with Gasteiger partial charge < -0.3 is 15.4 Å². The minimum atomic E-state index is -0.595. The molecule has 0 spiro atoms. The molecule has 2 N–H and O–H groups in total. The molecule has 0 aliphatic heterocycles. The zero-order valence-electron chi connectivity index (χ0n) is 17.1. The molecule has 1 aromatic carbocycles. The Morgan fingerprint density at radius 2 is 1.97 bits per heavy atom. The number of nitrogens with zero attached hydrogens (tertiary/aromatic N) is 1. The van der Waals surface area contributed by atoms with E-state index in [1.165, 1.54) is 0 Å². The van der Waals surface area contributed by atoms with Crippen LogP contribution in [-0.2, 0) is 16.1 Å². The molecule has 0 saturated heterocycles. The first kappa shape index (κ1) is 20.8. The number of halogens is 1.